The Balaban J connectivity index is 1.23. The molecule has 0 aliphatic carbocycles. The maximum absolute atomic E-state index is 15.0. The van der Waals surface area contributed by atoms with Crippen LogP contribution in [0, 0.1) is 10.8 Å². The molecule has 0 radical (unpaired) electrons. The SMILES string of the molecule is CN[C@@H](C)C(=O)N[C@H](C(=O)N1CCC[C@H]1Cc1c(-c2ccc(C3C[C@@H](Cc4cn(CCO)c5ccccc45)N(C(=O)[C@@H](NC(=O)[C@H](C)NC)C(C)(C)C)C3)cc2)n(CCO)c2ccccc12)C(C)(C)C. The van der Waals surface area contributed by atoms with Gasteiger partial charge in [0, 0.05) is 72.2 Å². The topological polar surface area (TPSA) is 173 Å². The Hall–Kier alpha value is -5.54. The number of aliphatic hydroxyl groups excluding tert-OH is 2. The summed E-state index contributed by atoms with van der Waals surface area (Å²) < 4.78 is 4.29. The molecule has 0 bridgehead atoms. The Morgan fingerprint density at radius 2 is 1.24 bits per heavy atom. The van der Waals surface area contributed by atoms with Crippen LogP contribution >= 0.6 is 0 Å². The predicted molar refractivity (Wildman–Crippen MR) is 278 cm³/mol. The molecule has 0 spiro atoms. The molecule has 378 valence electrons. The summed E-state index contributed by atoms with van der Waals surface area (Å²) in [5.41, 5.74) is 6.30. The van der Waals surface area contributed by atoms with Gasteiger partial charge in [0.2, 0.25) is 23.6 Å². The normalized spacial score (nSPS) is 19.4. The average Bonchev–Trinajstić information content (AvgIpc) is 4.13. The van der Waals surface area contributed by atoms with Crippen LogP contribution in [0.25, 0.3) is 33.1 Å². The van der Waals surface area contributed by atoms with Crippen molar-refractivity contribution in [2.24, 2.45) is 10.8 Å². The molecule has 5 aromatic rings. The van der Waals surface area contributed by atoms with E-state index in [1.807, 2.05) is 75.6 Å². The second kappa shape index (κ2) is 21.8. The fourth-order valence-electron chi connectivity index (χ4n) is 10.8. The van der Waals surface area contributed by atoms with Crippen LogP contribution in [-0.2, 0) is 45.1 Å². The molecule has 2 fully saturated rings. The Labute approximate surface area is 414 Å². The van der Waals surface area contributed by atoms with Crippen molar-refractivity contribution < 1.29 is 29.4 Å². The number of nitrogens with one attached hydrogen (secondary N) is 4. The van der Waals surface area contributed by atoms with Crippen molar-refractivity contribution >= 4 is 45.4 Å². The number of likely N-dealkylation sites (N-methyl/N-ethyl adjacent to an activating group) is 2. The van der Waals surface area contributed by atoms with Gasteiger partial charge in [0.05, 0.1) is 31.0 Å². The first kappa shape index (κ1) is 52.3. The van der Waals surface area contributed by atoms with E-state index in [9.17, 15) is 24.6 Å². The van der Waals surface area contributed by atoms with E-state index in [2.05, 4.69) is 85.1 Å². The zero-order valence-corrected chi connectivity index (χ0v) is 43.1. The zero-order valence-electron chi connectivity index (χ0n) is 43.1. The van der Waals surface area contributed by atoms with Gasteiger partial charge in [-0.2, -0.15) is 0 Å². The van der Waals surface area contributed by atoms with E-state index in [4.69, 9.17) is 0 Å². The number of para-hydroxylation sites is 2. The molecule has 70 heavy (non-hydrogen) atoms. The highest BCUT2D eigenvalue weighted by Gasteiger charge is 2.44. The van der Waals surface area contributed by atoms with Gasteiger partial charge in [-0.3, -0.25) is 19.2 Å². The fourth-order valence-corrected chi connectivity index (χ4v) is 10.8. The number of amides is 4. The average molecular weight is 959 g/mol. The summed E-state index contributed by atoms with van der Waals surface area (Å²) in [6, 6.07) is 22.5. The molecule has 14 heteroatoms. The molecule has 0 saturated carbocycles. The van der Waals surface area contributed by atoms with Crippen molar-refractivity contribution in [1.82, 2.24) is 40.2 Å². The first-order valence-electron chi connectivity index (χ1n) is 25.4. The third-order valence-electron chi connectivity index (χ3n) is 15.0. The molecule has 2 aliphatic rings. The molecule has 7 rings (SSSR count). The van der Waals surface area contributed by atoms with Crippen LogP contribution in [0.2, 0.25) is 0 Å². The smallest absolute Gasteiger partial charge is 0.245 e. The summed E-state index contributed by atoms with van der Waals surface area (Å²) in [6.45, 7) is 17.4. The van der Waals surface area contributed by atoms with Crippen molar-refractivity contribution in [2.45, 2.75) is 143 Å². The Morgan fingerprint density at radius 3 is 1.81 bits per heavy atom. The largest absolute Gasteiger partial charge is 0.395 e. The molecule has 3 aromatic carbocycles. The molecule has 4 heterocycles. The van der Waals surface area contributed by atoms with E-state index >= 15 is 4.79 Å². The Kier molecular flexibility index (Phi) is 16.3. The lowest BCUT2D eigenvalue weighted by Gasteiger charge is -2.36. The van der Waals surface area contributed by atoms with Gasteiger partial charge in [0.1, 0.15) is 12.1 Å². The summed E-state index contributed by atoms with van der Waals surface area (Å²) in [7, 11) is 3.47. The minimum absolute atomic E-state index is 0.00882. The zero-order chi connectivity index (χ0) is 50.7. The van der Waals surface area contributed by atoms with Crippen molar-refractivity contribution in [3.63, 3.8) is 0 Å². The van der Waals surface area contributed by atoms with Gasteiger partial charge in [-0.05, 0) is 105 Å². The van der Waals surface area contributed by atoms with Crippen LogP contribution in [-0.4, -0.2) is 129 Å². The number of rotatable bonds is 18. The summed E-state index contributed by atoms with van der Waals surface area (Å²) in [5, 5.41) is 34.8. The molecule has 2 aliphatic heterocycles. The van der Waals surface area contributed by atoms with Gasteiger partial charge < -0.3 is 50.4 Å². The van der Waals surface area contributed by atoms with Crippen LogP contribution in [0.1, 0.15) is 97.3 Å². The summed E-state index contributed by atoms with van der Waals surface area (Å²) >= 11 is 0. The first-order valence-corrected chi connectivity index (χ1v) is 25.4. The molecule has 4 amide bonds. The molecule has 14 nitrogen and oxygen atoms in total. The third kappa shape index (κ3) is 11.0. The Morgan fingerprint density at radius 1 is 0.686 bits per heavy atom. The molecule has 7 atom stereocenters. The standard InChI is InChI=1S/C56H78N8O6/c1-35(57-9)51(67)59-49(55(3,4)5)53(69)62-25-15-16-41(62)32-45-44-18-12-14-20-47(44)63(27-29-66)48(45)38-23-21-37(22-24-38)39-30-42(31-40-33-61(26-28-65)46-19-13-11-17-43(40)46)64(34-39)54(70)50(56(6,7)8)60-52(68)36(2)58-10/h11-14,17-24,33,35-36,39,41-42,49-50,57-58,65-66H,15-16,25-32,34H2,1-10H3,(H,59,67)(H,60,68)/t35-,36-,39?,41-,42-,49+,50+/m0/s1. The number of benzene rings is 3. The van der Waals surface area contributed by atoms with Crippen LogP contribution in [0.3, 0.4) is 0 Å². The van der Waals surface area contributed by atoms with Gasteiger partial charge in [-0.1, -0.05) is 102 Å². The van der Waals surface area contributed by atoms with Crippen LogP contribution in [0.5, 0.6) is 0 Å². The van der Waals surface area contributed by atoms with Gasteiger partial charge in [0.15, 0.2) is 0 Å². The number of carbonyl (C=O) groups is 4. The van der Waals surface area contributed by atoms with Crippen molar-refractivity contribution in [3.8, 4) is 11.3 Å². The van der Waals surface area contributed by atoms with E-state index in [0.717, 1.165) is 62.6 Å². The van der Waals surface area contributed by atoms with Gasteiger partial charge >= 0.3 is 0 Å². The molecular weight excluding hydrogens is 881 g/mol. The lowest BCUT2D eigenvalue weighted by atomic mass is 9.85. The lowest BCUT2D eigenvalue weighted by molar-refractivity contribution is -0.140. The van der Waals surface area contributed by atoms with E-state index < -0.39 is 35.0 Å². The summed E-state index contributed by atoms with van der Waals surface area (Å²) in [6.07, 6.45) is 5.73. The fraction of sp³-hybridized carbons (Fsp3) is 0.536. The van der Waals surface area contributed by atoms with E-state index in [1.165, 1.54) is 0 Å². The molecule has 6 N–H and O–H groups in total. The molecule has 1 unspecified atom stereocenters. The van der Waals surface area contributed by atoms with Gasteiger partial charge in [0.25, 0.3) is 0 Å². The van der Waals surface area contributed by atoms with E-state index in [0.29, 0.717) is 45.4 Å². The second-order valence-corrected chi connectivity index (χ2v) is 21.9. The number of likely N-dealkylation sites (tertiary alicyclic amines) is 2. The monoisotopic (exact) mass is 959 g/mol. The quantitative estimate of drug-likeness (QED) is 0.0623. The Bertz CT molecular complexity index is 2640. The van der Waals surface area contributed by atoms with E-state index in [1.54, 1.807) is 27.9 Å². The van der Waals surface area contributed by atoms with Crippen molar-refractivity contribution in [2.75, 3.05) is 40.4 Å². The van der Waals surface area contributed by atoms with Crippen LogP contribution in [0.4, 0.5) is 0 Å². The molecule has 2 saturated heterocycles. The highest BCUT2D eigenvalue weighted by Crippen LogP contribution is 2.41. The van der Waals surface area contributed by atoms with Crippen LogP contribution < -0.4 is 21.3 Å². The second-order valence-electron chi connectivity index (χ2n) is 21.9. The predicted octanol–water partition coefficient (Wildman–Crippen LogP) is 5.99. The van der Waals surface area contributed by atoms with E-state index in [-0.39, 0.29) is 54.8 Å². The van der Waals surface area contributed by atoms with Crippen LogP contribution in [0.15, 0.2) is 79.0 Å². The summed E-state index contributed by atoms with van der Waals surface area (Å²) in [4.78, 5) is 60.1. The number of carbonyl (C=O) groups excluding carboxylic acids is 4. The molecule has 2 aromatic heterocycles. The van der Waals surface area contributed by atoms with Crippen molar-refractivity contribution in [1.29, 1.82) is 0 Å². The maximum Gasteiger partial charge on any atom is 0.245 e. The highest BCUT2D eigenvalue weighted by atomic mass is 16.3. The summed E-state index contributed by atoms with van der Waals surface area (Å²) in [5.74, 6) is -0.605. The third-order valence-corrected chi connectivity index (χ3v) is 15.0. The maximum atomic E-state index is 15.0. The number of aliphatic hydroxyl groups is 2. The number of hydrogen-bond acceptors (Lipinski definition) is 8. The first-order chi connectivity index (χ1) is 33.3. The molecular formula is C56H78N8O6. The minimum atomic E-state index is -0.756. The van der Waals surface area contributed by atoms with Gasteiger partial charge in [-0.25, -0.2) is 0 Å². The number of aromatic nitrogens is 2. The highest BCUT2D eigenvalue weighted by molar-refractivity contribution is 5.94. The van der Waals surface area contributed by atoms with Gasteiger partial charge in [-0.15, -0.1) is 0 Å². The van der Waals surface area contributed by atoms with Crippen molar-refractivity contribution in [3.05, 3.63) is 95.7 Å². The number of hydrogen-bond donors (Lipinski definition) is 6. The minimum Gasteiger partial charge on any atom is -0.395 e. The number of nitrogens with zero attached hydrogens (tertiary/aromatic N) is 4. The number of fused-ring (bicyclic) bond motifs is 2. The lowest BCUT2D eigenvalue weighted by Crippen LogP contribution is -2.58.